The Balaban J connectivity index is 2.22. The van der Waals surface area contributed by atoms with E-state index in [0.717, 1.165) is 24.8 Å². The molecule has 1 aliphatic heterocycles. The van der Waals surface area contributed by atoms with E-state index in [2.05, 4.69) is 19.8 Å². The first kappa shape index (κ1) is 18.8. The van der Waals surface area contributed by atoms with Gasteiger partial charge in [-0.1, -0.05) is 38.0 Å². The summed E-state index contributed by atoms with van der Waals surface area (Å²) in [6.45, 7) is 7.84. The van der Waals surface area contributed by atoms with Crippen LogP contribution in [-0.2, 0) is 5.54 Å². The quantitative estimate of drug-likeness (QED) is 0.613. The van der Waals surface area contributed by atoms with Crippen LogP contribution in [0.25, 0.3) is 10.8 Å². The number of terminal acetylenes is 1. The highest BCUT2D eigenvalue weighted by atomic mass is 16.3. The number of aromatic nitrogens is 2. The highest BCUT2D eigenvalue weighted by molar-refractivity contribution is 5.80. The average molecular weight is 378 g/mol. The second kappa shape index (κ2) is 5.71. The van der Waals surface area contributed by atoms with Crippen molar-refractivity contribution in [3.05, 3.63) is 56.6 Å². The van der Waals surface area contributed by atoms with Crippen molar-refractivity contribution < 1.29 is 5.11 Å². The van der Waals surface area contributed by atoms with Gasteiger partial charge in [0.05, 0.1) is 16.3 Å². The van der Waals surface area contributed by atoms with Crippen molar-refractivity contribution in [3.63, 3.8) is 0 Å². The summed E-state index contributed by atoms with van der Waals surface area (Å²) in [7, 11) is 0. The molecule has 0 radical (unpaired) electrons. The maximum Gasteiger partial charge on any atom is 0.274 e. The van der Waals surface area contributed by atoms with Crippen LogP contribution in [0, 0.1) is 17.8 Å². The van der Waals surface area contributed by atoms with Crippen molar-refractivity contribution in [3.8, 4) is 12.3 Å². The van der Waals surface area contributed by atoms with Gasteiger partial charge in [0.1, 0.15) is 11.6 Å². The van der Waals surface area contributed by atoms with E-state index in [4.69, 9.17) is 6.42 Å². The summed E-state index contributed by atoms with van der Waals surface area (Å²) in [6.07, 6.45) is 10.3. The fourth-order valence-electron chi connectivity index (χ4n) is 5.21. The zero-order chi connectivity index (χ0) is 20.5. The minimum Gasteiger partial charge on any atom is -0.375 e. The molecule has 4 rings (SSSR count). The van der Waals surface area contributed by atoms with Crippen molar-refractivity contribution in [1.29, 1.82) is 0 Å². The molecule has 2 aromatic rings. The van der Waals surface area contributed by atoms with E-state index < -0.39 is 17.2 Å². The lowest BCUT2D eigenvalue weighted by atomic mass is 9.63. The third kappa shape index (κ3) is 2.31. The molecule has 1 N–H and O–H groups in total. The Hall–Kier alpha value is -2.58. The summed E-state index contributed by atoms with van der Waals surface area (Å²) in [5, 5.41) is 11.7. The Morgan fingerprint density at radius 1 is 1.14 bits per heavy atom. The van der Waals surface area contributed by atoms with Gasteiger partial charge in [-0.05, 0) is 56.2 Å². The first-order valence-corrected chi connectivity index (χ1v) is 9.74. The van der Waals surface area contributed by atoms with E-state index in [0.29, 0.717) is 10.8 Å². The smallest absolute Gasteiger partial charge is 0.274 e. The van der Waals surface area contributed by atoms with Crippen LogP contribution in [0.5, 0.6) is 0 Å². The third-order valence-corrected chi connectivity index (χ3v) is 6.70. The molecule has 2 aliphatic rings. The van der Waals surface area contributed by atoms with E-state index >= 15 is 0 Å². The van der Waals surface area contributed by atoms with Gasteiger partial charge >= 0.3 is 0 Å². The predicted molar refractivity (Wildman–Crippen MR) is 110 cm³/mol. The lowest BCUT2D eigenvalue weighted by molar-refractivity contribution is 0.0392. The summed E-state index contributed by atoms with van der Waals surface area (Å²) in [5.41, 5.74) is -1.88. The molecule has 1 aromatic heterocycles. The lowest BCUT2D eigenvalue weighted by Crippen LogP contribution is -2.59. The first-order valence-electron chi connectivity index (χ1n) is 9.74. The number of fused-ring (bicyclic) bond motifs is 4. The van der Waals surface area contributed by atoms with Gasteiger partial charge in [-0.2, -0.15) is 0 Å². The van der Waals surface area contributed by atoms with Crippen LogP contribution in [0.3, 0.4) is 0 Å². The number of nitrogens with zero attached hydrogens (tertiary/aromatic N) is 2. The second-order valence-electron chi connectivity index (χ2n) is 9.14. The van der Waals surface area contributed by atoms with Crippen LogP contribution in [0.4, 0.5) is 0 Å². The molecule has 0 bridgehead atoms. The third-order valence-electron chi connectivity index (χ3n) is 6.70. The molecule has 2 heterocycles. The highest BCUT2D eigenvalue weighted by Crippen LogP contribution is 2.52. The molecular formula is C23H26N2O3. The van der Waals surface area contributed by atoms with Crippen LogP contribution >= 0.6 is 0 Å². The van der Waals surface area contributed by atoms with Crippen LogP contribution in [0.15, 0.2) is 45.5 Å². The van der Waals surface area contributed by atoms with E-state index in [1.165, 1.54) is 11.6 Å². The topological polar surface area (TPSA) is 64.2 Å². The fraction of sp³-hybridized carbons (Fsp3) is 0.478. The Morgan fingerprint density at radius 2 is 1.75 bits per heavy atom. The normalized spacial score (nSPS) is 27.9. The molecule has 0 saturated heterocycles. The minimum atomic E-state index is -1.61. The summed E-state index contributed by atoms with van der Waals surface area (Å²) >= 11 is 0. The van der Waals surface area contributed by atoms with Crippen molar-refractivity contribution in [2.45, 2.75) is 64.1 Å². The minimum absolute atomic E-state index is 0.164. The number of hydrogen-bond donors (Lipinski definition) is 1. The van der Waals surface area contributed by atoms with Crippen molar-refractivity contribution >= 4 is 10.8 Å². The fourth-order valence-corrected chi connectivity index (χ4v) is 5.21. The molecule has 5 nitrogen and oxygen atoms in total. The van der Waals surface area contributed by atoms with E-state index in [9.17, 15) is 14.7 Å². The van der Waals surface area contributed by atoms with Crippen LogP contribution in [0.2, 0.25) is 0 Å². The van der Waals surface area contributed by atoms with Gasteiger partial charge in [-0.25, -0.2) is 9.36 Å². The van der Waals surface area contributed by atoms with Gasteiger partial charge < -0.3 is 5.11 Å². The Labute approximate surface area is 164 Å². The summed E-state index contributed by atoms with van der Waals surface area (Å²) < 4.78 is 2.97. The maximum absolute atomic E-state index is 13.6. The van der Waals surface area contributed by atoms with E-state index in [-0.39, 0.29) is 16.5 Å². The summed E-state index contributed by atoms with van der Waals surface area (Å²) in [4.78, 5) is 27.1. The SMILES string of the molecule is C#C[C@](C)(O)[C@@H]1C=C2C(C)(C)CCC[C@]2(C)n2c(=O)c3ccccc3c(=O)n21. The van der Waals surface area contributed by atoms with Gasteiger partial charge in [-0.15, -0.1) is 6.42 Å². The molecule has 1 aliphatic carbocycles. The molecule has 1 aromatic carbocycles. The first-order chi connectivity index (χ1) is 13.0. The van der Waals surface area contributed by atoms with Gasteiger partial charge in [0, 0.05) is 0 Å². The zero-order valence-electron chi connectivity index (χ0n) is 16.8. The monoisotopic (exact) mass is 378 g/mol. The number of benzene rings is 1. The Bertz CT molecular complexity index is 1170. The summed E-state index contributed by atoms with van der Waals surface area (Å²) in [6, 6.07) is 6.04. The Morgan fingerprint density at radius 3 is 2.36 bits per heavy atom. The molecule has 146 valence electrons. The van der Waals surface area contributed by atoms with Crippen LogP contribution < -0.4 is 11.1 Å². The zero-order valence-corrected chi connectivity index (χ0v) is 16.8. The number of hydrogen-bond acceptors (Lipinski definition) is 3. The van der Waals surface area contributed by atoms with Crippen LogP contribution in [0.1, 0.15) is 53.0 Å². The Kier molecular flexibility index (Phi) is 3.83. The van der Waals surface area contributed by atoms with Crippen molar-refractivity contribution in [2.24, 2.45) is 5.41 Å². The molecule has 3 atom stereocenters. The summed E-state index contributed by atoms with van der Waals surface area (Å²) in [5.74, 6) is 2.42. The number of rotatable bonds is 1. The number of aliphatic hydroxyl groups is 1. The average Bonchev–Trinajstić information content (AvgIpc) is 2.64. The van der Waals surface area contributed by atoms with Gasteiger partial charge in [0.2, 0.25) is 0 Å². The van der Waals surface area contributed by atoms with Gasteiger partial charge in [-0.3, -0.25) is 9.59 Å². The van der Waals surface area contributed by atoms with E-state index in [1.54, 1.807) is 28.9 Å². The molecule has 1 saturated carbocycles. The largest absolute Gasteiger partial charge is 0.375 e. The second-order valence-corrected chi connectivity index (χ2v) is 9.14. The molecule has 28 heavy (non-hydrogen) atoms. The highest BCUT2D eigenvalue weighted by Gasteiger charge is 2.50. The molecule has 0 unspecified atom stereocenters. The lowest BCUT2D eigenvalue weighted by Gasteiger charge is -2.52. The standard InChI is InChI=1S/C23H26N2O3/c1-6-23(5,28)18-14-17-21(2,3)12-9-13-22(17,4)25-20(27)16-11-8-7-10-15(16)19(26)24(18)25/h1,7-8,10-11,14,18,28H,9,12-13H2,2-5H3/t18-,22-,23-/m0/s1. The van der Waals surface area contributed by atoms with E-state index in [1.807, 2.05) is 13.0 Å². The molecule has 5 heteroatoms. The molecular weight excluding hydrogens is 352 g/mol. The molecule has 1 fully saturated rings. The molecule has 0 spiro atoms. The maximum atomic E-state index is 13.6. The van der Waals surface area contributed by atoms with Crippen LogP contribution in [-0.4, -0.2) is 20.1 Å². The van der Waals surface area contributed by atoms with Crippen molar-refractivity contribution in [2.75, 3.05) is 0 Å². The van der Waals surface area contributed by atoms with Crippen molar-refractivity contribution in [1.82, 2.24) is 9.36 Å². The van der Waals surface area contributed by atoms with Gasteiger partial charge in [0.25, 0.3) is 11.1 Å². The predicted octanol–water partition coefficient (Wildman–Crippen LogP) is 2.95. The van der Waals surface area contributed by atoms with Gasteiger partial charge in [0.15, 0.2) is 0 Å². The number of allylic oxidation sites excluding steroid dienone is 1. The molecule has 0 amide bonds.